The Bertz CT molecular complexity index is 629. The minimum absolute atomic E-state index is 0.283. The third-order valence-corrected chi connectivity index (χ3v) is 3.72. The molecule has 2 N–H and O–H groups in total. The molecule has 8 nitrogen and oxygen atoms in total. The van der Waals surface area contributed by atoms with Crippen LogP contribution in [0.25, 0.3) is 11.0 Å². The lowest BCUT2D eigenvalue weighted by Gasteiger charge is -2.21. The van der Waals surface area contributed by atoms with Gasteiger partial charge in [0.1, 0.15) is 30.2 Å². The van der Waals surface area contributed by atoms with Crippen molar-refractivity contribution in [3.63, 3.8) is 0 Å². The number of aliphatic hydroxyl groups is 2. The van der Waals surface area contributed by atoms with Crippen molar-refractivity contribution >= 4 is 11.0 Å². The van der Waals surface area contributed by atoms with Crippen LogP contribution in [0.15, 0.2) is 18.6 Å². The first-order valence-electron chi connectivity index (χ1n) is 6.54. The molecule has 0 spiro atoms. The normalized spacial score (nSPS) is 29.1. The predicted octanol–water partition coefficient (Wildman–Crippen LogP) is -0.295. The van der Waals surface area contributed by atoms with E-state index in [9.17, 15) is 10.2 Å². The van der Waals surface area contributed by atoms with E-state index in [0.717, 1.165) is 5.39 Å². The van der Waals surface area contributed by atoms with Crippen LogP contribution >= 0.6 is 0 Å². The Hall–Kier alpha value is -1.74. The monoisotopic (exact) mass is 295 g/mol. The third kappa shape index (κ3) is 2.16. The lowest BCUT2D eigenvalue weighted by Crippen LogP contribution is -2.32. The van der Waals surface area contributed by atoms with Gasteiger partial charge in [0.25, 0.3) is 0 Å². The Balaban J connectivity index is 2.07. The number of methoxy groups -OCH3 is 2. The average Bonchev–Trinajstić information content (AvgIpc) is 3.07. The van der Waals surface area contributed by atoms with Gasteiger partial charge in [-0.3, -0.25) is 0 Å². The van der Waals surface area contributed by atoms with Crippen molar-refractivity contribution in [3.05, 3.63) is 18.6 Å². The molecule has 2 aromatic heterocycles. The summed E-state index contributed by atoms with van der Waals surface area (Å²) in [6.07, 6.45) is 0.891. The second-order valence-corrected chi connectivity index (χ2v) is 4.79. The number of ether oxygens (including phenoxy) is 3. The summed E-state index contributed by atoms with van der Waals surface area (Å²) in [6, 6.07) is 1.30. The van der Waals surface area contributed by atoms with Crippen molar-refractivity contribution < 1.29 is 24.4 Å². The summed E-state index contributed by atoms with van der Waals surface area (Å²) in [5.74, 6) is 0.458. The minimum Gasteiger partial charge on any atom is -0.480 e. The van der Waals surface area contributed by atoms with E-state index in [1.807, 2.05) is 0 Å². The van der Waals surface area contributed by atoms with E-state index in [1.54, 1.807) is 16.8 Å². The zero-order valence-electron chi connectivity index (χ0n) is 11.7. The minimum atomic E-state index is -0.906. The topological polar surface area (TPSA) is 98.9 Å². The highest BCUT2D eigenvalue weighted by molar-refractivity contribution is 5.81. The van der Waals surface area contributed by atoms with Gasteiger partial charge in [-0.15, -0.1) is 0 Å². The number of nitrogens with zero attached hydrogens (tertiary/aromatic N) is 3. The van der Waals surface area contributed by atoms with Crippen molar-refractivity contribution in [2.45, 2.75) is 24.5 Å². The second kappa shape index (κ2) is 5.57. The van der Waals surface area contributed by atoms with Gasteiger partial charge in [0.15, 0.2) is 6.29 Å². The van der Waals surface area contributed by atoms with Crippen LogP contribution in [-0.2, 0) is 9.47 Å². The highest BCUT2D eigenvalue weighted by Gasteiger charge is 2.45. The van der Waals surface area contributed by atoms with Crippen LogP contribution in [0.3, 0.4) is 0 Å². The molecule has 3 heterocycles. The summed E-state index contributed by atoms with van der Waals surface area (Å²) in [7, 11) is 3.03. The quantitative estimate of drug-likeness (QED) is 0.799. The van der Waals surface area contributed by atoms with Gasteiger partial charge in [-0.2, -0.15) is 0 Å². The van der Waals surface area contributed by atoms with Crippen LogP contribution in [0.2, 0.25) is 0 Å². The van der Waals surface area contributed by atoms with Crippen LogP contribution in [0.5, 0.6) is 5.88 Å². The van der Waals surface area contributed by atoms with E-state index >= 15 is 0 Å². The van der Waals surface area contributed by atoms with Gasteiger partial charge in [0.05, 0.1) is 19.1 Å². The first kappa shape index (κ1) is 14.2. The molecule has 0 amide bonds. The van der Waals surface area contributed by atoms with E-state index in [0.29, 0.717) is 11.5 Å². The van der Waals surface area contributed by atoms with Crippen LogP contribution in [-0.4, -0.2) is 64.1 Å². The molecular formula is C13H17N3O5. The Labute approximate surface area is 120 Å². The van der Waals surface area contributed by atoms with Crippen LogP contribution < -0.4 is 4.74 Å². The molecule has 0 saturated carbocycles. The number of rotatable bonds is 4. The van der Waals surface area contributed by atoms with Gasteiger partial charge in [0.2, 0.25) is 5.88 Å². The maximum absolute atomic E-state index is 10.3. The SMILES string of the molecule is COc1ncnc2c1ccn2[C@@H]1[C@@H](OC)O[C@H](CO)[C@H]1O. The Kier molecular flexibility index (Phi) is 3.77. The first-order chi connectivity index (χ1) is 10.2. The van der Waals surface area contributed by atoms with E-state index in [4.69, 9.17) is 14.2 Å². The number of hydrogen-bond donors (Lipinski definition) is 2. The fourth-order valence-corrected chi connectivity index (χ4v) is 2.71. The number of aliphatic hydroxyl groups excluding tert-OH is 2. The molecule has 114 valence electrons. The molecule has 1 fully saturated rings. The predicted molar refractivity (Wildman–Crippen MR) is 71.9 cm³/mol. The lowest BCUT2D eigenvalue weighted by molar-refractivity contribution is -0.136. The number of hydrogen-bond acceptors (Lipinski definition) is 7. The maximum Gasteiger partial charge on any atom is 0.225 e. The Morgan fingerprint density at radius 2 is 2.19 bits per heavy atom. The van der Waals surface area contributed by atoms with Crippen molar-refractivity contribution in [2.75, 3.05) is 20.8 Å². The largest absolute Gasteiger partial charge is 0.480 e. The summed E-state index contributed by atoms with van der Waals surface area (Å²) >= 11 is 0. The maximum atomic E-state index is 10.3. The second-order valence-electron chi connectivity index (χ2n) is 4.79. The molecule has 8 heteroatoms. The molecule has 0 aromatic carbocycles. The smallest absolute Gasteiger partial charge is 0.225 e. The molecule has 4 atom stereocenters. The van der Waals surface area contributed by atoms with Crippen molar-refractivity contribution in [2.24, 2.45) is 0 Å². The molecular weight excluding hydrogens is 278 g/mol. The molecule has 1 aliphatic rings. The van der Waals surface area contributed by atoms with Gasteiger partial charge < -0.3 is 29.0 Å². The standard InChI is InChI=1S/C13H17N3O5/c1-19-12-7-3-4-16(11(7)14-6-15-12)9-10(18)8(5-17)21-13(9)20-2/h3-4,6,8-10,13,17-18H,5H2,1-2H3/t8-,9+,10-,13+/m1/s1. The van der Waals surface area contributed by atoms with Crippen molar-refractivity contribution in [3.8, 4) is 5.88 Å². The number of fused-ring (bicyclic) bond motifs is 1. The van der Waals surface area contributed by atoms with E-state index in [-0.39, 0.29) is 6.61 Å². The summed E-state index contributed by atoms with van der Waals surface area (Å²) in [6.45, 7) is -0.283. The molecule has 0 bridgehead atoms. The van der Waals surface area contributed by atoms with Gasteiger partial charge in [-0.05, 0) is 6.07 Å². The molecule has 21 heavy (non-hydrogen) atoms. The summed E-state index contributed by atoms with van der Waals surface area (Å²) < 4.78 is 17.7. The molecule has 0 aliphatic carbocycles. The summed E-state index contributed by atoms with van der Waals surface area (Å²) in [5, 5.41) is 20.3. The van der Waals surface area contributed by atoms with Gasteiger partial charge in [0, 0.05) is 13.3 Å². The summed E-state index contributed by atoms with van der Waals surface area (Å²) in [5.41, 5.74) is 0.607. The molecule has 3 rings (SSSR count). The van der Waals surface area contributed by atoms with Crippen molar-refractivity contribution in [1.29, 1.82) is 0 Å². The zero-order valence-corrected chi connectivity index (χ0v) is 11.7. The first-order valence-corrected chi connectivity index (χ1v) is 6.54. The van der Waals surface area contributed by atoms with Gasteiger partial charge in [-0.1, -0.05) is 0 Å². The van der Waals surface area contributed by atoms with Crippen molar-refractivity contribution in [1.82, 2.24) is 14.5 Å². The zero-order chi connectivity index (χ0) is 15.0. The highest BCUT2D eigenvalue weighted by Crippen LogP contribution is 2.35. The van der Waals surface area contributed by atoms with E-state index in [1.165, 1.54) is 20.5 Å². The average molecular weight is 295 g/mol. The molecule has 1 saturated heterocycles. The third-order valence-electron chi connectivity index (χ3n) is 3.72. The lowest BCUT2D eigenvalue weighted by atomic mass is 10.1. The Morgan fingerprint density at radius 3 is 2.86 bits per heavy atom. The summed E-state index contributed by atoms with van der Waals surface area (Å²) in [4.78, 5) is 8.28. The molecule has 2 aromatic rings. The van der Waals surface area contributed by atoms with Gasteiger partial charge in [-0.25, -0.2) is 9.97 Å². The molecule has 0 radical (unpaired) electrons. The van der Waals surface area contributed by atoms with E-state index < -0.39 is 24.5 Å². The van der Waals surface area contributed by atoms with Crippen LogP contribution in [0, 0.1) is 0 Å². The molecule has 1 aliphatic heterocycles. The van der Waals surface area contributed by atoms with Crippen LogP contribution in [0.4, 0.5) is 0 Å². The molecule has 0 unspecified atom stereocenters. The number of aromatic nitrogens is 3. The van der Waals surface area contributed by atoms with Gasteiger partial charge >= 0.3 is 0 Å². The fourth-order valence-electron chi connectivity index (χ4n) is 2.71. The van der Waals surface area contributed by atoms with Crippen LogP contribution in [0.1, 0.15) is 6.04 Å². The fraction of sp³-hybridized carbons (Fsp3) is 0.538. The Morgan fingerprint density at radius 1 is 1.38 bits per heavy atom. The van der Waals surface area contributed by atoms with E-state index in [2.05, 4.69) is 9.97 Å². The highest BCUT2D eigenvalue weighted by atomic mass is 16.7.